The minimum absolute atomic E-state index is 0.630. The zero-order valence-corrected chi connectivity index (χ0v) is 15.9. The molecular weight excluding hydrogens is 328 g/mol. The van der Waals surface area contributed by atoms with Crippen LogP contribution in [0, 0.1) is 0 Å². The number of carbonyl (C=O) groups excluding carboxylic acids is 2. The molecule has 3 aliphatic rings. The first-order valence-corrected chi connectivity index (χ1v) is 9.82. The second-order valence-corrected chi connectivity index (χ2v) is 6.98. The van der Waals surface area contributed by atoms with Crippen molar-refractivity contribution in [2.75, 3.05) is 32.8 Å². The molecule has 1 aromatic rings. The molecule has 0 spiro atoms. The van der Waals surface area contributed by atoms with Crippen molar-refractivity contribution < 1.29 is 14.3 Å². The SMILES string of the molecule is CCOC1CCC1.O=CN1CCN(C=O)CC1.c1ccc(C2CC2)cc1. The lowest BCUT2D eigenvalue weighted by atomic mass is 9.96. The van der Waals surface area contributed by atoms with Crippen molar-refractivity contribution in [2.24, 2.45) is 0 Å². The Labute approximate surface area is 157 Å². The van der Waals surface area contributed by atoms with E-state index in [0.717, 1.165) is 25.3 Å². The summed E-state index contributed by atoms with van der Waals surface area (Å²) in [4.78, 5) is 23.7. The Kier molecular flexibility index (Phi) is 9.18. The van der Waals surface area contributed by atoms with E-state index in [-0.39, 0.29) is 0 Å². The highest BCUT2D eigenvalue weighted by Crippen LogP contribution is 2.39. The predicted molar refractivity (Wildman–Crippen MR) is 103 cm³/mol. The highest BCUT2D eigenvalue weighted by molar-refractivity contribution is 5.50. The summed E-state index contributed by atoms with van der Waals surface area (Å²) in [6, 6.07) is 10.8. The fourth-order valence-corrected chi connectivity index (χ4v) is 2.86. The van der Waals surface area contributed by atoms with Crippen LogP contribution in [0.5, 0.6) is 0 Å². The van der Waals surface area contributed by atoms with E-state index in [0.29, 0.717) is 32.3 Å². The molecule has 3 fully saturated rings. The summed E-state index contributed by atoms with van der Waals surface area (Å²) in [6.07, 6.45) is 9.06. The molecule has 1 saturated heterocycles. The van der Waals surface area contributed by atoms with Gasteiger partial charge in [0.15, 0.2) is 0 Å². The Balaban J connectivity index is 0.000000142. The van der Waals surface area contributed by atoms with E-state index < -0.39 is 0 Å². The topological polar surface area (TPSA) is 49.9 Å². The molecule has 2 aliphatic carbocycles. The molecule has 5 heteroatoms. The highest BCUT2D eigenvalue weighted by Gasteiger charge is 2.22. The Morgan fingerprint density at radius 1 is 0.923 bits per heavy atom. The van der Waals surface area contributed by atoms with Gasteiger partial charge in [0.25, 0.3) is 0 Å². The summed E-state index contributed by atoms with van der Waals surface area (Å²) in [5.74, 6) is 0.909. The lowest BCUT2D eigenvalue weighted by molar-refractivity contribution is -0.125. The third kappa shape index (κ3) is 7.56. The average Bonchev–Trinajstić information content (AvgIpc) is 3.52. The molecule has 4 rings (SSSR count). The van der Waals surface area contributed by atoms with E-state index in [1.807, 2.05) is 0 Å². The van der Waals surface area contributed by atoms with Crippen LogP contribution in [0.2, 0.25) is 0 Å². The minimum Gasteiger partial charge on any atom is -0.379 e. The maximum Gasteiger partial charge on any atom is 0.209 e. The van der Waals surface area contributed by atoms with Gasteiger partial charge in [0.2, 0.25) is 12.8 Å². The Morgan fingerprint density at radius 2 is 1.46 bits per heavy atom. The summed E-state index contributed by atoms with van der Waals surface area (Å²) in [5, 5.41) is 0. The molecule has 0 N–H and O–H groups in total. The summed E-state index contributed by atoms with van der Waals surface area (Å²) in [5.41, 5.74) is 1.53. The Morgan fingerprint density at radius 3 is 1.77 bits per heavy atom. The van der Waals surface area contributed by atoms with Crippen LogP contribution in [-0.4, -0.2) is 61.5 Å². The van der Waals surface area contributed by atoms with Crippen molar-refractivity contribution in [3.8, 4) is 0 Å². The third-order valence-electron chi connectivity index (χ3n) is 4.95. The zero-order chi connectivity index (χ0) is 18.6. The van der Waals surface area contributed by atoms with Crippen LogP contribution in [0.25, 0.3) is 0 Å². The standard InChI is InChI=1S/C9H10.C6H10N2O2.C6H12O/c1-2-4-8(5-3-1)9-6-7-9;9-5-7-1-2-8(6-10)4-3-7;1-2-7-6-4-3-5-6/h1-5,9H,6-7H2;5-6H,1-4H2;6H,2-5H2,1H3. The maximum absolute atomic E-state index is 10.2. The first-order valence-electron chi connectivity index (χ1n) is 9.82. The molecule has 0 bridgehead atoms. The number of hydrogen-bond acceptors (Lipinski definition) is 3. The van der Waals surface area contributed by atoms with Crippen LogP contribution in [0.15, 0.2) is 30.3 Å². The van der Waals surface area contributed by atoms with E-state index in [4.69, 9.17) is 4.74 Å². The van der Waals surface area contributed by atoms with Gasteiger partial charge in [0, 0.05) is 32.8 Å². The number of piperazine rings is 1. The smallest absolute Gasteiger partial charge is 0.209 e. The van der Waals surface area contributed by atoms with Crippen LogP contribution >= 0.6 is 0 Å². The summed E-state index contributed by atoms with van der Waals surface area (Å²) < 4.78 is 5.28. The summed E-state index contributed by atoms with van der Waals surface area (Å²) in [6.45, 7) is 5.62. The number of carbonyl (C=O) groups is 2. The first kappa shape index (κ1) is 20.4. The van der Waals surface area contributed by atoms with Crippen molar-refractivity contribution in [1.29, 1.82) is 0 Å². The van der Waals surface area contributed by atoms with Gasteiger partial charge in [-0.2, -0.15) is 0 Å². The van der Waals surface area contributed by atoms with E-state index in [1.54, 1.807) is 9.80 Å². The van der Waals surface area contributed by atoms with Crippen molar-refractivity contribution in [3.63, 3.8) is 0 Å². The molecule has 0 radical (unpaired) electrons. The third-order valence-corrected chi connectivity index (χ3v) is 4.95. The van der Waals surface area contributed by atoms with Crippen molar-refractivity contribution in [2.45, 2.75) is 51.0 Å². The van der Waals surface area contributed by atoms with Gasteiger partial charge in [-0.05, 0) is 50.5 Å². The molecule has 0 atom stereocenters. The zero-order valence-electron chi connectivity index (χ0n) is 15.9. The quantitative estimate of drug-likeness (QED) is 0.758. The van der Waals surface area contributed by atoms with E-state index in [2.05, 4.69) is 37.3 Å². The van der Waals surface area contributed by atoms with Crippen molar-refractivity contribution in [3.05, 3.63) is 35.9 Å². The first-order chi connectivity index (χ1) is 12.8. The average molecular weight is 360 g/mol. The van der Waals surface area contributed by atoms with Crippen LogP contribution in [0.1, 0.15) is 50.5 Å². The number of rotatable bonds is 5. The second-order valence-electron chi connectivity index (χ2n) is 6.98. The van der Waals surface area contributed by atoms with Gasteiger partial charge >= 0.3 is 0 Å². The lowest BCUT2D eigenvalue weighted by Gasteiger charge is -2.29. The summed E-state index contributed by atoms with van der Waals surface area (Å²) in [7, 11) is 0. The van der Waals surface area contributed by atoms with Gasteiger partial charge in [-0.25, -0.2) is 0 Å². The van der Waals surface area contributed by atoms with Gasteiger partial charge in [-0.3, -0.25) is 9.59 Å². The van der Waals surface area contributed by atoms with Crippen molar-refractivity contribution >= 4 is 12.8 Å². The fraction of sp³-hybridized carbons (Fsp3) is 0.619. The lowest BCUT2D eigenvalue weighted by Crippen LogP contribution is -2.44. The monoisotopic (exact) mass is 360 g/mol. The second kappa shape index (κ2) is 11.7. The van der Waals surface area contributed by atoms with Crippen molar-refractivity contribution in [1.82, 2.24) is 9.80 Å². The van der Waals surface area contributed by atoms with Gasteiger partial charge in [-0.1, -0.05) is 30.3 Å². The van der Waals surface area contributed by atoms with E-state index in [1.165, 1.54) is 37.7 Å². The fourth-order valence-electron chi connectivity index (χ4n) is 2.86. The molecule has 2 amide bonds. The molecule has 1 aliphatic heterocycles. The number of nitrogens with zero attached hydrogens (tertiary/aromatic N) is 2. The minimum atomic E-state index is 0.630. The highest BCUT2D eigenvalue weighted by atomic mass is 16.5. The Bertz CT molecular complexity index is 491. The van der Waals surface area contributed by atoms with Crippen LogP contribution in [-0.2, 0) is 14.3 Å². The van der Waals surface area contributed by atoms with Crippen LogP contribution < -0.4 is 0 Å². The number of ether oxygens (including phenoxy) is 1. The van der Waals surface area contributed by atoms with Crippen LogP contribution in [0.4, 0.5) is 0 Å². The molecule has 1 aromatic carbocycles. The largest absolute Gasteiger partial charge is 0.379 e. The molecule has 1 heterocycles. The molecular formula is C21H32N2O3. The molecule has 2 saturated carbocycles. The van der Waals surface area contributed by atoms with Gasteiger partial charge in [-0.15, -0.1) is 0 Å². The predicted octanol–water partition coefficient (Wildman–Crippen LogP) is 3.06. The maximum atomic E-state index is 10.2. The number of benzene rings is 1. The van der Waals surface area contributed by atoms with Crippen LogP contribution in [0.3, 0.4) is 0 Å². The normalized spacial score (nSPS) is 19.3. The molecule has 26 heavy (non-hydrogen) atoms. The Hall–Kier alpha value is -1.88. The van der Waals surface area contributed by atoms with E-state index >= 15 is 0 Å². The van der Waals surface area contributed by atoms with Gasteiger partial charge in [0.05, 0.1) is 6.10 Å². The molecule has 5 nitrogen and oxygen atoms in total. The van der Waals surface area contributed by atoms with E-state index in [9.17, 15) is 9.59 Å². The summed E-state index contributed by atoms with van der Waals surface area (Å²) >= 11 is 0. The van der Waals surface area contributed by atoms with Gasteiger partial charge < -0.3 is 14.5 Å². The molecule has 144 valence electrons. The molecule has 0 unspecified atom stereocenters. The number of hydrogen-bond donors (Lipinski definition) is 0. The van der Waals surface area contributed by atoms with Gasteiger partial charge in [0.1, 0.15) is 0 Å². The molecule has 0 aromatic heterocycles. The number of amides is 2.